The van der Waals surface area contributed by atoms with Crippen LogP contribution in [0.1, 0.15) is 12.5 Å². The van der Waals surface area contributed by atoms with Crippen molar-refractivity contribution >= 4 is 17.0 Å². The van der Waals surface area contributed by atoms with E-state index in [1.165, 1.54) is 5.56 Å². The van der Waals surface area contributed by atoms with E-state index in [2.05, 4.69) is 41.8 Å². The molecule has 5 heteroatoms. The molecule has 126 valence electrons. The summed E-state index contributed by atoms with van der Waals surface area (Å²) in [6.45, 7) is 4.49. The summed E-state index contributed by atoms with van der Waals surface area (Å²) in [5, 5.41) is 0. The van der Waals surface area contributed by atoms with Crippen LogP contribution in [0.15, 0.2) is 48.5 Å². The van der Waals surface area contributed by atoms with E-state index in [-0.39, 0.29) is 29.5 Å². The molecule has 3 aromatic rings. The Bertz CT molecular complexity index is 854. The van der Waals surface area contributed by atoms with Crippen molar-refractivity contribution in [2.24, 2.45) is 7.05 Å². The first kappa shape index (κ1) is 18.2. The van der Waals surface area contributed by atoms with Gasteiger partial charge in [0.25, 0.3) is 5.82 Å². The lowest BCUT2D eigenvalue weighted by Gasteiger charge is -2.04. The van der Waals surface area contributed by atoms with Gasteiger partial charge < -0.3 is 21.7 Å². The molecule has 0 saturated carbocycles. The van der Waals surface area contributed by atoms with Crippen molar-refractivity contribution in [2.75, 3.05) is 6.61 Å². The lowest BCUT2D eigenvalue weighted by atomic mass is 10.1. The molecule has 3 rings (SSSR count). The van der Waals surface area contributed by atoms with Gasteiger partial charge in [-0.3, -0.25) is 0 Å². The molecule has 24 heavy (non-hydrogen) atoms. The molecule has 0 spiro atoms. The molecule has 0 aliphatic carbocycles. The maximum atomic E-state index is 12.1. The van der Waals surface area contributed by atoms with Gasteiger partial charge in [0.2, 0.25) is 0 Å². The van der Waals surface area contributed by atoms with Gasteiger partial charge in [0.15, 0.2) is 17.6 Å². The zero-order chi connectivity index (χ0) is 16.4. The Morgan fingerprint density at radius 2 is 1.79 bits per heavy atom. The third-order valence-corrected chi connectivity index (χ3v) is 4.01. The number of hydrogen-bond acceptors (Lipinski definition) is 2. The van der Waals surface area contributed by atoms with Crippen LogP contribution in [-0.4, -0.2) is 17.1 Å². The van der Waals surface area contributed by atoms with Gasteiger partial charge in [-0.05, 0) is 38.1 Å². The van der Waals surface area contributed by atoms with Gasteiger partial charge in [-0.2, -0.15) is 0 Å². The van der Waals surface area contributed by atoms with Crippen LogP contribution in [-0.2, 0) is 23.1 Å². The molecule has 2 aromatic carbocycles. The van der Waals surface area contributed by atoms with E-state index in [1.807, 2.05) is 36.7 Å². The number of benzene rings is 2. The average Bonchev–Trinajstić information content (AvgIpc) is 2.82. The third-order valence-electron chi connectivity index (χ3n) is 4.01. The fraction of sp³-hybridized carbons (Fsp3) is 0.263. The van der Waals surface area contributed by atoms with Crippen molar-refractivity contribution in [3.05, 3.63) is 54.1 Å². The molecule has 0 aliphatic heterocycles. The predicted molar refractivity (Wildman–Crippen MR) is 89.9 cm³/mol. The zero-order valence-corrected chi connectivity index (χ0v) is 15.7. The Hall–Kier alpha value is -2.14. The summed E-state index contributed by atoms with van der Waals surface area (Å²) in [4.78, 5) is 12.1. The van der Waals surface area contributed by atoms with E-state index in [1.54, 1.807) is 0 Å². The fourth-order valence-electron chi connectivity index (χ4n) is 2.93. The molecular weight excluding hydrogens is 368 g/mol. The second kappa shape index (κ2) is 7.62. The number of carbonyl (C=O) groups is 1. The largest absolute Gasteiger partial charge is 1.00 e. The minimum absolute atomic E-state index is 0. The number of esters is 1. The minimum atomic E-state index is -0.220. The molecule has 0 saturated heterocycles. The molecule has 4 nitrogen and oxygen atoms in total. The highest BCUT2D eigenvalue weighted by Crippen LogP contribution is 2.23. The highest BCUT2D eigenvalue weighted by atomic mass is 79.9. The molecule has 0 bridgehead atoms. The Kier molecular flexibility index (Phi) is 5.78. The monoisotopic (exact) mass is 388 g/mol. The summed E-state index contributed by atoms with van der Waals surface area (Å²) in [7, 11) is 2.03. The van der Waals surface area contributed by atoms with Gasteiger partial charge >= 0.3 is 5.97 Å². The highest BCUT2D eigenvalue weighted by Gasteiger charge is 2.25. The van der Waals surface area contributed by atoms with Crippen molar-refractivity contribution < 1.29 is 31.1 Å². The topological polar surface area (TPSA) is 35.1 Å². The van der Waals surface area contributed by atoms with Crippen molar-refractivity contribution in [2.45, 2.75) is 20.4 Å². The molecule has 1 heterocycles. The van der Waals surface area contributed by atoms with Crippen molar-refractivity contribution in [3.8, 4) is 11.4 Å². The van der Waals surface area contributed by atoms with E-state index >= 15 is 0 Å². The summed E-state index contributed by atoms with van der Waals surface area (Å²) >= 11 is 0. The maximum Gasteiger partial charge on any atom is 0.348 e. The van der Waals surface area contributed by atoms with Crippen LogP contribution in [0, 0.1) is 6.92 Å². The van der Waals surface area contributed by atoms with Crippen LogP contribution in [0.4, 0.5) is 0 Å². The molecule has 0 N–H and O–H groups in total. The first-order valence-electron chi connectivity index (χ1n) is 7.81. The van der Waals surface area contributed by atoms with Gasteiger partial charge in [0, 0.05) is 0 Å². The average molecular weight is 389 g/mol. The van der Waals surface area contributed by atoms with Crippen molar-refractivity contribution in [3.63, 3.8) is 0 Å². The van der Waals surface area contributed by atoms with Crippen molar-refractivity contribution in [1.82, 2.24) is 4.57 Å². The van der Waals surface area contributed by atoms with E-state index < -0.39 is 0 Å². The Balaban J connectivity index is 0.00000208. The van der Waals surface area contributed by atoms with Crippen LogP contribution >= 0.6 is 0 Å². The van der Waals surface area contributed by atoms with Crippen LogP contribution in [0.25, 0.3) is 22.4 Å². The zero-order valence-electron chi connectivity index (χ0n) is 14.1. The second-order valence-corrected chi connectivity index (χ2v) is 5.63. The van der Waals surface area contributed by atoms with Crippen LogP contribution in [0.5, 0.6) is 0 Å². The van der Waals surface area contributed by atoms with Gasteiger partial charge in [0.05, 0.1) is 19.2 Å². The Labute approximate surface area is 152 Å². The number of halogens is 1. The molecule has 1 aromatic heterocycles. The second-order valence-electron chi connectivity index (χ2n) is 5.63. The van der Waals surface area contributed by atoms with E-state index in [0.717, 1.165) is 22.4 Å². The van der Waals surface area contributed by atoms with Crippen LogP contribution in [0.2, 0.25) is 0 Å². The van der Waals surface area contributed by atoms with Crippen LogP contribution in [0.3, 0.4) is 0 Å². The highest BCUT2D eigenvalue weighted by molar-refractivity contribution is 5.79. The molecule has 0 radical (unpaired) electrons. The lowest BCUT2D eigenvalue weighted by Crippen LogP contribution is -3.00. The number of imidazole rings is 1. The summed E-state index contributed by atoms with van der Waals surface area (Å²) in [6.07, 6.45) is 0. The summed E-state index contributed by atoms with van der Waals surface area (Å²) < 4.78 is 9.29. The standard InChI is InChI=1S/C19H21N2O2.BrH/c1-4-23-18(22)13-21-17-8-6-5-7-16(17)20(3)19(21)15-11-9-14(2)10-12-15;/h5-12H,4,13H2,1-3H3;1H/q+1;/p-1. The number of hydrogen-bond donors (Lipinski definition) is 0. The first-order chi connectivity index (χ1) is 11.1. The lowest BCUT2D eigenvalue weighted by molar-refractivity contribution is -0.634. The van der Waals surface area contributed by atoms with Gasteiger partial charge in [0.1, 0.15) is 0 Å². The number of nitrogens with zero attached hydrogens (tertiary/aromatic N) is 2. The number of rotatable bonds is 4. The number of aryl methyl sites for hydroxylation is 2. The smallest absolute Gasteiger partial charge is 0.348 e. The summed E-state index contributed by atoms with van der Waals surface area (Å²) in [6, 6.07) is 16.4. The number of fused-ring (bicyclic) bond motifs is 1. The van der Waals surface area contributed by atoms with E-state index in [4.69, 9.17) is 4.74 Å². The number of carbonyl (C=O) groups excluding carboxylic acids is 1. The maximum absolute atomic E-state index is 12.1. The van der Waals surface area contributed by atoms with Gasteiger partial charge in [-0.25, -0.2) is 13.9 Å². The third kappa shape index (κ3) is 3.36. The number of aromatic nitrogens is 2. The molecule has 0 atom stereocenters. The molecule has 0 amide bonds. The van der Waals surface area contributed by atoms with Crippen molar-refractivity contribution in [1.29, 1.82) is 0 Å². The minimum Gasteiger partial charge on any atom is -1.00 e. The number of ether oxygens (including phenoxy) is 1. The first-order valence-corrected chi connectivity index (χ1v) is 7.81. The molecular formula is C19H21BrN2O2. The van der Waals surface area contributed by atoms with Crippen LogP contribution < -0.4 is 21.5 Å². The quantitative estimate of drug-likeness (QED) is 0.466. The van der Waals surface area contributed by atoms with E-state index in [9.17, 15) is 4.79 Å². The molecule has 0 fully saturated rings. The fourth-order valence-corrected chi connectivity index (χ4v) is 2.93. The molecule has 0 aliphatic rings. The molecule has 0 unspecified atom stereocenters. The SMILES string of the molecule is CCOC(=O)Cn1c(-c2ccc(C)cc2)[n+](C)c2ccccc21.[Br-]. The Morgan fingerprint density at radius 3 is 2.46 bits per heavy atom. The van der Waals surface area contributed by atoms with Gasteiger partial charge in [-0.15, -0.1) is 0 Å². The Morgan fingerprint density at radius 1 is 1.12 bits per heavy atom. The normalized spacial score (nSPS) is 10.5. The predicted octanol–water partition coefficient (Wildman–Crippen LogP) is 0.00832. The van der Waals surface area contributed by atoms with Gasteiger partial charge in [-0.1, -0.05) is 29.8 Å². The van der Waals surface area contributed by atoms with E-state index in [0.29, 0.717) is 6.61 Å². The number of para-hydroxylation sites is 2. The summed E-state index contributed by atoms with van der Waals surface area (Å²) in [5.41, 5.74) is 4.41. The summed E-state index contributed by atoms with van der Waals surface area (Å²) in [5.74, 6) is 0.779.